The normalized spacial score (nSPS) is 13.9. The minimum atomic E-state index is -1.21. The van der Waals surface area contributed by atoms with Gasteiger partial charge in [-0.2, -0.15) is 0 Å². The second kappa shape index (κ2) is 5.81. The summed E-state index contributed by atoms with van der Waals surface area (Å²) in [6.07, 6.45) is 1.11. The third-order valence-corrected chi connectivity index (χ3v) is 4.37. The van der Waals surface area contributed by atoms with Crippen LogP contribution in [-0.2, 0) is 6.42 Å². The van der Waals surface area contributed by atoms with E-state index in [0.29, 0.717) is 17.7 Å². The molecule has 0 bridgehead atoms. The van der Waals surface area contributed by atoms with Crippen molar-refractivity contribution in [2.75, 3.05) is 12.8 Å². The van der Waals surface area contributed by atoms with Gasteiger partial charge in [-0.05, 0) is 12.3 Å². The van der Waals surface area contributed by atoms with Gasteiger partial charge in [0.05, 0.1) is 17.0 Å². The molecule has 1 aliphatic rings. The first-order chi connectivity index (χ1) is 10.6. The van der Waals surface area contributed by atoms with Gasteiger partial charge < -0.3 is 5.11 Å². The van der Waals surface area contributed by atoms with Gasteiger partial charge >= 0.3 is 6.09 Å². The molecular weight excluding hydrogens is 300 g/mol. The Morgan fingerprint density at radius 1 is 1.32 bits per heavy atom. The van der Waals surface area contributed by atoms with Crippen LogP contribution in [0.3, 0.4) is 0 Å². The van der Waals surface area contributed by atoms with E-state index >= 15 is 0 Å². The first kappa shape index (κ1) is 14.6. The van der Waals surface area contributed by atoms with E-state index in [1.165, 1.54) is 11.8 Å². The maximum absolute atomic E-state index is 12.4. The van der Waals surface area contributed by atoms with Crippen LogP contribution in [0.4, 0.5) is 4.79 Å². The highest BCUT2D eigenvalue weighted by atomic mass is 32.2. The van der Waals surface area contributed by atoms with Gasteiger partial charge in [0, 0.05) is 23.4 Å². The largest absolute Gasteiger partial charge is 0.465 e. The van der Waals surface area contributed by atoms with Gasteiger partial charge in [-0.25, -0.2) is 9.69 Å². The van der Waals surface area contributed by atoms with Gasteiger partial charge in [-0.3, -0.25) is 9.78 Å². The molecule has 2 heterocycles. The highest BCUT2D eigenvalue weighted by molar-refractivity contribution is 7.98. The van der Waals surface area contributed by atoms with Crippen LogP contribution in [0.25, 0.3) is 11.3 Å². The van der Waals surface area contributed by atoms with Crippen LogP contribution in [0, 0.1) is 0 Å². The molecule has 0 unspecified atom stereocenters. The maximum atomic E-state index is 12.4. The molecular formula is C16H14N2O3S. The Kier molecular flexibility index (Phi) is 3.85. The molecule has 0 atom stereocenters. The Balaban J connectivity index is 2.12. The van der Waals surface area contributed by atoms with Crippen LogP contribution in [0.15, 0.2) is 41.3 Å². The molecule has 5 nitrogen and oxygen atoms in total. The monoisotopic (exact) mass is 314 g/mol. The molecule has 3 rings (SSSR count). The number of pyridine rings is 1. The number of aromatic nitrogens is 1. The summed E-state index contributed by atoms with van der Waals surface area (Å²) in [6.45, 7) is 0.153. The molecule has 6 heteroatoms. The molecule has 0 spiro atoms. The molecule has 1 aliphatic heterocycles. The molecule has 22 heavy (non-hydrogen) atoms. The van der Waals surface area contributed by atoms with Gasteiger partial charge in [-0.15, -0.1) is 11.8 Å². The summed E-state index contributed by atoms with van der Waals surface area (Å²) in [5.74, 6) is -0.481. The fourth-order valence-corrected chi connectivity index (χ4v) is 3.18. The smallest absolute Gasteiger partial charge is 0.414 e. The number of imide groups is 1. The highest BCUT2D eigenvalue weighted by Crippen LogP contribution is 2.31. The van der Waals surface area contributed by atoms with Crippen LogP contribution in [0.1, 0.15) is 16.1 Å². The lowest BCUT2D eigenvalue weighted by Crippen LogP contribution is -2.41. The fourth-order valence-electron chi connectivity index (χ4n) is 2.54. The lowest BCUT2D eigenvalue weighted by molar-refractivity contribution is 0.0721. The molecule has 1 aromatic carbocycles. The molecule has 0 fully saturated rings. The summed E-state index contributed by atoms with van der Waals surface area (Å²) >= 11 is 1.43. The summed E-state index contributed by atoms with van der Waals surface area (Å²) in [5.41, 5.74) is 2.88. The van der Waals surface area contributed by atoms with E-state index < -0.39 is 12.0 Å². The number of carbonyl (C=O) groups is 2. The molecule has 0 saturated carbocycles. The summed E-state index contributed by atoms with van der Waals surface area (Å²) < 4.78 is 0. The third-order valence-electron chi connectivity index (χ3n) is 3.61. The van der Waals surface area contributed by atoms with Gasteiger partial charge in [0.25, 0.3) is 5.91 Å². The third kappa shape index (κ3) is 2.46. The van der Waals surface area contributed by atoms with E-state index in [1.54, 1.807) is 0 Å². The second-order valence-electron chi connectivity index (χ2n) is 4.89. The van der Waals surface area contributed by atoms with E-state index in [0.717, 1.165) is 21.1 Å². The molecule has 0 saturated heterocycles. The Morgan fingerprint density at radius 3 is 2.68 bits per heavy atom. The quantitative estimate of drug-likeness (QED) is 0.862. The predicted molar refractivity (Wildman–Crippen MR) is 84.2 cm³/mol. The van der Waals surface area contributed by atoms with E-state index in [4.69, 9.17) is 5.11 Å². The van der Waals surface area contributed by atoms with Crippen molar-refractivity contribution in [3.63, 3.8) is 0 Å². The topological polar surface area (TPSA) is 70.5 Å². The van der Waals surface area contributed by atoms with Gasteiger partial charge in [0.1, 0.15) is 0 Å². The van der Waals surface area contributed by atoms with Crippen LogP contribution >= 0.6 is 11.8 Å². The number of carbonyl (C=O) groups excluding carboxylic acids is 1. The van der Waals surface area contributed by atoms with Crippen LogP contribution in [0.2, 0.25) is 0 Å². The molecule has 112 valence electrons. The van der Waals surface area contributed by atoms with Crippen LogP contribution in [0.5, 0.6) is 0 Å². The average molecular weight is 314 g/mol. The van der Waals surface area contributed by atoms with Gasteiger partial charge in [0.15, 0.2) is 0 Å². The summed E-state index contributed by atoms with van der Waals surface area (Å²) in [7, 11) is 0. The van der Waals surface area contributed by atoms with Crippen LogP contribution < -0.4 is 0 Å². The van der Waals surface area contributed by atoms with Crippen molar-refractivity contribution >= 4 is 23.8 Å². The van der Waals surface area contributed by atoms with Crippen molar-refractivity contribution < 1.29 is 14.7 Å². The Labute approximate surface area is 132 Å². The van der Waals surface area contributed by atoms with Crippen molar-refractivity contribution in [2.45, 2.75) is 11.3 Å². The zero-order chi connectivity index (χ0) is 15.7. The minimum absolute atomic E-state index is 0.153. The number of fused-ring (bicyclic) bond motifs is 1. The first-order valence-corrected chi connectivity index (χ1v) is 8.02. The Bertz CT molecular complexity index is 729. The SMILES string of the molecule is CSc1cc(-c2ccccc2)nc2c1C(=O)N(C(=O)O)CC2. The average Bonchev–Trinajstić information content (AvgIpc) is 2.54. The molecule has 0 radical (unpaired) electrons. The standard InChI is InChI=1S/C16H14N2O3S/c1-22-13-9-12(10-5-3-2-4-6-10)17-11-7-8-18(16(20)21)15(19)14(11)13/h2-6,9H,7-8H2,1H3,(H,20,21). The van der Waals surface area contributed by atoms with Gasteiger partial charge in [-0.1, -0.05) is 30.3 Å². The summed E-state index contributed by atoms with van der Waals surface area (Å²) in [5, 5.41) is 9.11. The second-order valence-corrected chi connectivity index (χ2v) is 5.73. The number of hydrogen-bond acceptors (Lipinski definition) is 4. The Morgan fingerprint density at radius 2 is 2.05 bits per heavy atom. The minimum Gasteiger partial charge on any atom is -0.465 e. The Hall–Kier alpha value is -2.34. The van der Waals surface area contributed by atoms with E-state index in [9.17, 15) is 9.59 Å². The number of nitrogens with zero attached hydrogens (tertiary/aromatic N) is 2. The predicted octanol–water partition coefficient (Wildman–Crippen LogP) is 3.15. The molecule has 2 aromatic rings. The fraction of sp³-hybridized carbons (Fsp3) is 0.188. The van der Waals surface area contributed by atoms with E-state index in [-0.39, 0.29) is 6.54 Å². The zero-order valence-electron chi connectivity index (χ0n) is 11.9. The number of rotatable bonds is 2. The van der Waals surface area contributed by atoms with Crippen molar-refractivity contribution in [3.8, 4) is 11.3 Å². The van der Waals surface area contributed by atoms with E-state index in [2.05, 4.69) is 4.98 Å². The maximum Gasteiger partial charge on any atom is 0.414 e. The summed E-state index contributed by atoms with van der Waals surface area (Å²) in [4.78, 5) is 29.7. The molecule has 1 aromatic heterocycles. The number of thioether (sulfide) groups is 1. The number of benzene rings is 1. The number of carboxylic acid groups (broad SMARTS) is 1. The first-order valence-electron chi connectivity index (χ1n) is 6.80. The summed E-state index contributed by atoms with van der Waals surface area (Å²) in [6, 6.07) is 11.6. The van der Waals surface area contributed by atoms with E-state index in [1.807, 2.05) is 42.7 Å². The molecule has 0 aliphatic carbocycles. The highest BCUT2D eigenvalue weighted by Gasteiger charge is 2.32. The lowest BCUT2D eigenvalue weighted by Gasteiger charge is -2.25. The van der Waals surface area contributed by atoms with Crippen LogP contribution in [-0.4, -0.2) is 39.8 Å². The molecule has 1 N–H and O–H groups in total. The lowest BCUT2D eigenvalue weighted by atomic mass is 10.0. The molecule has 2 amide bonds. The number of hydrogen-bond donors (Lipinski definition) is 1. The number of amides is 2. The van der Waals surface area contributed by atoms with Crippen molar-refractivity contribution in [1.29, 1.82) is 0 Å². The van der Waals surface area contributed by atoms with Gasteiger partial charge in [0.2, 0.25) is 0 Å². The van der Waals surface area contributed by atoms with Crippen molar-refractivity contribution in [2.24, 2.45) is 0 Å². The van der Waals surface area contributed by atoms with Crippen molar-refractivity contribution in [3.05, 3.63) is 47.7 Å². The van der Waals surface area contributed by atoms with Crippen molar-refractivity contribution in [1.82, 2.24) is 9.88 Å². The zero-order valence-corrected chi connectivity index (χ0v) is 12.8.